The summed E-state index contributed by atoms with van der Waals surface area (Å²) < 4.78 is 9.94. The molecule has 0 saturated heterocycles. The normalized spacial score (nSPS) is 10.9. The number of nitrogens with two attached hydrogens (primary N) is 1. The van der Waals surface area contributed by atoms with Crippen molar-refractivity contribution in [2.24, 2.45) is 0 Å². The van der Waals surface area contributed by atoms with E-state index in [1.807, 2.05) is 12.1 Å². The van der Waals surface area contributed by atoms with Crippen LogP contribution in [0.25, 0.3) is 0 Å². The number of rotatable bonds is 2. The Balaban J connectivity index is 2.47. The smallest absolute Gasteiger partial charge is 0.429 e. The van der Waals surface area contributed by atoms with Crippen molar-refractivity contribution in [3.63, 3.8) is 0 Å². The van der Waals surface area contributed by atoms with Crippen LogP contribution in [0.15, 0.2) is 24.3 Å². The van der Waals surface area contributed by atoms with Crippen molar-refractivity contribution in [3.8, 4) is 0 Å². The van der Waals surface area contributed by atoms with E-state index in [4.69, 9.17) is 15.2 Å². The number of para-hydroxylation sites is 1. The number of anilines is 1. The minimum absolute atomic E-state index is 0.127. The topological polar surface area (TPSA) is 61.5 Å². The SMILES string of the molecule is CC(C)(C)OC(=O)OCc1ccccc1N. The van der Waals surface area contributed by atoms with Crippen LogP contribution in [-0.2, 0) is 16.1 Å². The van der Waals surface area contributed by atoms with Crippen LogP contribution in [0.5, 0.6) is 0 Å². The first-order chi connectivity index (χ1) is 7.38. The first kappa shape index (κ1) is 12.4. The highest BCUT2D eigenvalue weighted by molar-refractivity contribution is 5.61. The number of hydrogen-bond acceptors (Lipinski definition) is 4. The lowest BCUT2D eigenvalue weighted by molar-refractivity contribution is -0.0107. The van der Waals surface area contributed by atoms with E-state index >= 15 is 0 Å². The van der Waals surface area contributed by atoms with E-state index in [0.717, 1.165) is 5.56 Å². The molecular weight excluding hydrogens is 206 g/mol. The molecule has 0 fully saturated rings. The number of carbonyl (C=O) groups is 1. The lowest BCUT2D eigenvalue weighted by Gasteiger charge is -2.18. The van der Waals surface area contributed by atoms with Crippen molar-refractivity contribution in [3.05, 3.63) is 29.8 Å². The second-order valence-electron chi connectivity index (χ2n) is 4.45. The monoisotopic (exact) mass is 223 g/mol. The van der Waals surface area contributed by atoms with Gasteiger partial charge in [0, 0.05) is 11.3 Å². The van der Waals surface area contributed by atoms with Gasteiger partial charge in [-0.05, 0) is 26.8 Å². The summed E-state index contributed by atoms with van der Waals surface area (Å²) in [6, 6.07) is 7.23. The molecule has 0 spiro atoms. The third kappa shape index (κ3) is 4.21. The van der Waals surface area contributed by atoms with Gasteiger partial charge in [-0.1, -0.05) is 18.2 Å². The average molecular weight is 223 g/mol. The lowest BCUT2D eigenvalue weighted by atomic mass is 10.2. The number of hydrogen-bond donors (Lipinski definition) is 1. The van der Waals surface area contributed by atoms with Crippen molar-refractivity contribution >= 4 is 11.8 Å². The molecule has 1 rings (SSSR count). The number of benzene rings is 1. The minimum Gasteiger partial charge on any atom is -0.429 e. The Bertz CT molecular complexity index is 369. The summed E-state index contributed by atoms with van der Waals surface area (Å²) in [7, 11) is 0. The zero-order chi connectivity index (χ0) is 12.2. The van der Waals surface area contributed by atoms with Crippen LogP contribution in [0, 0.1) is 0 Å². The highest BCUT2D eigenvalue weighted by Crippen LogP contribution is 2.13. The fourth-order valence-electron chi connectivity index (χ4n) is 1.08. The van der Waals surface area contributed by atoms with Gasteiger partial charge in [-0.3, -0.25) is 0 Å². The van der Waals surface area contributed by atoms with E-state index < -0.39 is 11.8 Å². The van der Waals surface area contributed by atoms with Crippen LogP contribution in [-0.4, -0.2) is 11.8 Å². The van der Waals surface area contributed by atoms with Crippen molar-refractivity contribution in [1.29, 1.82) is 0 Å². The van der Waals surface area contributed by atoms with E-state index in [2.05, 4.69) is 0 Å². The first-order valence-electron chi connectivity index (χ1n) is 5.07. The Labute approximate surface area is 95.3 Å². The molecule has 0 unspecified atom stereocenters. The van der Waals surface area contributed by atoms with Crippen LogP contribution in [0.4, 0.5) is 10.5 Å². The van der Waals surface area contributed by atoms with Crippen molar-refractivity contribution in [2.45, 2.75) is 33.0 Å². The van der Waals surface area contributed by atoms with E-state index in [1.165, 1.54) is 0 Å². The van der Waals surface area contributed by atoms with Crippen LogP contribution in [0.1, 0.15) is 26.3 Å². The van der Waals surface area contributed by atoms with Gasteiger partial charge in [0.2, 0.25) is 0 Å². The molecule has 0 aromatic heterocycles. The molecule has 0 amide bonds. The quantitative estimate of drug-likeness (QED) is 0.618. The van der Waals surface area contributed by atoms with Crippen LogP contribution < -0.4 is 5.73 Å². The van der Waals surface area contributed by atoms with Gasteiger partial charge in [0.15, 0.2) is 0 Å². The van der Waals surface area contributed by atoms with E-state index in [-0.39, 0.29) is 6.61 Å². The van der Waals surface area contributed by atoms with Gasteiger partial charge in [0.25, 0.3) is 0 Å². The fraction of sp³-hybridized carbons (Fsp3) is 0.417. The average Bonchev–Trinajstić information content (AvgIpc) is 2.14. The molecule has 0 atom stereocenters. The molecule has 88 valence electrons. The van der Waals surface area contributed by atoms with Crippen LogP contribution in [0.3, 0.4) is 0 Å². The fourth-order valence-corrected chi connectivity index (χ4v) is 1.08. The van der Waals surface area contributed by atoms with E-state index in [1.54, 1.807) is 32.9 Å². The maximum Gasteiger partial charge on any atom is 0.509 e. The summed E-state index contributed by atoms with van der Waals surface area (Å²) in [5, 5.41) is 0. The van der Waals surface area contributed by atoms with Gasteiger partial charge in [0.05, 0.1) is 0 Å². The molecule has 0 heterocycles. The highest BCUT2D eigenvalue weighted by atomic mass is 16.7. The summed E-state index contributed by atoms with van der Waals surface area (Å²) in [5.74, 6) is 0. The summed E-state index contributed by atoms with van der Waals surface area (Å²) in [6.07, 6.45) is -0.684. The predicted molar refractivity (Wildman–Crippen MR) is 61.9 cm³/mol. The third-order valence-electron chi connectivity index (χ3n) is 1.79. The van der Waals surface area contributed by atoms with Gasteiger partial charge in [-0.2, -0.15) is 0 Å². The minimum atomic E-state index is -0.684. The summed E-state index contributed by atoms with van der Waals surface area (Å²) in [4.78, 5) is 11.3. The van der Waals surface area contributed by atoms with Gasteiger partial charge >= 0.3 is 6.16 Å². The molecule has 0 bridgehead atoms. The second kappa shape index (κ2) is 4.88. The molecule has 0 radical (unpaired) electrons. The zero-order valence-corrected chi connectivity index (χ0v) is 9.82. The second-order valence-corrected chi connectivity index (χ2v) is 4.45. The van der Waals surface area contributed by atoms with Crippen molar-refractivity contribution in [2.75, 3.05) is 5.73 Å². The summed E-state index contributed by atoms with van der Waals surface area (Å²) >= 11 is 0. The highest BCUT2D eigenvalue weighted by Gasteiger charge is 2.17. The molecule has 1 aromatic rings. The molecule has 0 aliphatic carbocycles. The maximum atomic E-state index is 11.3. The molecule has 0 saturated carbocycles. The largest absolute Gasteiger partial charge is 0.509 e. The number of nitrogen functional groups attached to an aromatic ring is 1. The molecular formula is C12H17NO3. The van der Waals surface area contributed by atoms with E-state index in [0.29, 0.717) is 5.69 Å². The molecule has 4 nitrogen and oxygen atoms in total. The molecule has 4 heteroatoms. The van der Waals surface area contributed by atoms with Gasteiger partial charge < -0.3 is 15.2 Å². The van der Waals surface area contributed by atoms with Crippen LogP contribution >= 0.6 is 0 Å². The summed E-state index contributed by atoms with van der Waals surface area (Å²) in [5.41, 5.74) is 6.53. The van der Waals surface area contributed by atoms with Crippen molar-refractivity contribution < 1.29 is 14.3 Å². The summed E-state index contributed by atoms with van der Waals surface area (Å²) in [6.45, 7) is 5.48. The van der Waals surface area contributed by atoms with Gasteiger partial charge in [-0.15, -0.1) is 0 Å². The zero-order valence-electron chi connectivity index (χ0n) is 9.82. The Kier molecular flexibility index (Phi) is 3.77. The Morgan fingerprint density at radius 1 is 1.31 bits per heavy atom. The maximum absolute atomic E-state index is 11.3. The first-order valence-corrected chi connectivity index (χ1v) is 5.07. The molecule has 0 aliphatic rings. The Morgan fingerprint density at radius 3 is 2.50 bits per heavy atom. The standard InChI is InChI=1S/C12H17NO3/c1-12(2,3)16-11(14)15-8-9-6-4-5-7-10(9)13/h4-7H,8,13H2,1-3H3. The van der Waals surface area contributed by atoms with Gasteiger partial charge in [-0.25, -0.2) is 4.79 Å². The van der Waals surface area contributed by atoms with E-state index in [9.17, 15) is 4.79 Å². The van der Waals surface area contributed by atoms with Crippen LogP contribution in [0.2, 0.25) is 0 Å². The number of carbonyl (C=O) groups excluding carboxylic acids is 1. The lowest BCUT2D eigenvalue weighted by Crippen LogP contribution is -2.24. The molecule has 2 N–H and O–H groups in total. The molecule has 16 heavy (non-hydrogen) atoms. The molecule has 0 aliphatic heterocycles. The van der Waals surface area contributed by atoms with Gasteiger partial charge in [0.1, 0.15) is 12.2 Å². The number of ether oxygens (including phenoxy) is 2. The predicted octanol–water partition coefficient (Wildman–Crippen LogP) is 2.72. The Hall–Kier alpha value is -1.71. The third-order valence-corrected chi connectivity index (χ3v) is 1.79. The molecule has 1 aromatic carbocycles. The van der Waals surface area contributed by atoms with Crippen molar-refractivity contribution in [1.82, 2.24) is 0 Å². The Morgan fingerprint density at radius 2 is 1.94 bits per heavy atom.